The average Bonchev–Trinajstić information content (AvgIpc) is 2.74. The third kappa shape index (κ3) is 3.58. The summed E-state index contributed by atoms with van der Waals surface area (Å²) in [6.07, 6.45) is -0.407. The predicted octanol–water partition coefficient (Wildman–Crippen LogP) is 4.64. The topological polar surface area (TPSA) is 20.2 Å². The molecular formula is C13H13BrOS2. The predicted molar refractivity (Wildman–Crippen MR) is 78.9 cm³/mol. The van der Waals surface area contributed by atoms with Gasteiger partial charge in [0.1, 0.15) is 0 Å². The maximum atomic E-state index is 10.1. The van der Waals surface area contributed by atoms with E-state index < -0.39 is 6.10 Å². The zero-order chi connectivity index (χ0) is 12.3. The highest BCUT2D eigenvalue weighted by Crippen LogP contribution is 2.32. The van der Waals surface area contributed by atoms with Crippen molar-refractivity contribution in [2.75, 3.05) is 5.75 Å². The molecule has 1 atom stereocenters. The van der Waals surface area contributed by atoms with Gasteiger partial charge in [0.15, 0.2) is 0 Å². The smallest absolute Gasteiger partial charge is 0.0986 e. The van der Waals surface area contributed by atoms with Gasteiger partial charge in [-0.2, -0.15) is 0 Å². The van der Waals surface area contributed by atoms with Gasteiger partial charge in [-0.15, -0.1) is 23.1 Å². The van der Waals surface area contributed by atoms with Crippen molar-refractivity contribution in [2.45, 2.75) is 17.9 Å². The van der Waals surface area contributed by atoms with E-state index in [2.05, 4.69) is 47.1 Å². The van der Waals surface area contributed by atoms with E-state index in [9.17, 15) is 5.11 Å². The highest BCUT2D eigenvalue weighted by atomic mass is 79.9. The fraction of sp³-hybridized carbons (Fsp3) is 0.231. The molecule has 2 rings (SSSR count). The molecule has 4 heteroatoms. The molecule has 0 saturated carbocycles. The second kappa shape index (κ2) is 6.05. The number of thiophene rings is 1. The Morgan fingerprint density at radius 1 is 1.29 bits per heavy atom. The van der Waals surface area contributed by atoms with Crippen LogP contribution in [0.4, 0.5) is 0 Å². The fourth-order valence-corrected chi connectivity index (χ4v) is 4.00. The summed E-state index contributed by atoms with van der Waals surface area (Å²) in [6, 6.07) is 10.3. The number of hydrogen-bond donors (Lipinski definition) is 1. The Hall–Kier alpha value is -0.290. The first-order valence-electron chi connectivity index (χ1n) is 5.27. The van der Waals surface area contributed by atoms with Crippen molar-refractivity contribution < 1.29 is 5.11 Å². The maximum Gasteiger partial charge on any atom is 0.0986 e. The van der Waals surface area contributed by atoms with Crippen LogP contribution in [0.3, 0.4) is 0 Å². The number of hydrogen-bond acceptors (Lipinski definition) is 3. The Morgan fingerprint density at radius 2 is 2.00 bits per heavy atom. The van der Waals surface area contributed by atoms with Gasteiger partial charge >= 0.3 is 0 Å². The van der Waals surface area contributed by atoms with Crippen molar-refractivity contribution in [1.29, 1.82) is 0 Å². The van der Waals surface area contributed by atoms with E-state index >= 15 is 0 Å². The Kier molecular flexibility index (Phi) is 4.68. The Bertz CT molecular complexity index is 478. The number of aryl methyl sites for hydroxylation is 1. The van der Waals surface area contributed by atoms with Crippen LogP contribution in [0.2, 0.25) is 0 Å². The van der Waals surface area contributed by atoms with Crippen molar-refractivity contribution in [3.63, 3.8) is 0 Å². The molecule has 1 unspecified atom stereocenters. The molecule has 0 spiro atoms. The molecule has 0 saturated heterocycles. The van der Waals surface area contributed by atoms with Gasteiger partial charge in [-0.1, -0.05) is 17.7 Å². The van der Waals surface area contributed by atoms with Gasteiger partial charge in [0.25, 0.3) is 0 Å². The van der Waals surface area contributed by atoms with Crippen LogP contribution in [0.25, 0.3) is 0 Å². The number of rotatable bonds is 4. The van der Waals surface area contributed by atoms with Gasteiger partial charge in [-0.3, -0.25) is 0 Å². The number of aliphatic hydroxyl groups excluding tert-OH is 1. The second-order valence-corrected chi connectivity index (χ2v) is 6.67. The Labute approximate surface area is 118 Å². The van der Waals surface area contributed by atoms with E-state index in [0.29, 0.717) is 5.75 Å². The average molecular weight is 329 g/mol. The lowest BCUT2D eigenvalue weighted by atomic mass is 10.2. The quantitative estimate of drug-likeness (QED) is 0.824. The number of thioether (sulfide) groups is 1. The molecule has 0 aliphatic carbocycles. The summed E-state index contributed by atoms with van der Waals surface area (Å²) in [5.41, 5.74) is 1.26. The summed E-state index contributed by atoms with van der Waals surface area (Å²) in [4.78, 5) is 2.20. The first-order chi connectivity index (χ1) is 8.16. The van der Waals surface area contributed by atoms with E-state index in [0.717, 1.165) is 9.35 Å². The minimum atomic E-state index is -0.407. The molecule has 0 aliphatic rings. The van der Waals surface area contributed by atoms with Crippen molar-refractivity contribution in [3.8, 4) is 0 Å². The standard InChI is InChI=1S/C13H13BrOS2/c1-9-2-4-10(5-3-9)17-8-12(15)13-11(14)6-7-16-13/h2-7,12,15H,8H2,1H3. The molecule has 17 heavy (non-hydrogen) atoms. The van der Waals surface area contributed by atoms with E-state index in [1.54, 1.807) is 23.1 Å². The summed E-state index contributed by atoms with van der Waals surface area (Å²) >= 11 is 6.71. The van der Waals surface area contributed by atoms with Crippen LogP contribution < -0.4 is 0 Å². The minimum absolute atomic E-state index is 0.407. The van der Waals surface area contributed by atoms with Gasteiger partial charge in [0.05, 0.1) is 6.10 Å². The number of aliphatic hydroxyl groups is 1. The van der Waals surface area contributed by atoms with E-state index in [4.69, 9.17) is 0 Å². The Morgan fingerprint density at radius 3 is 2.59 bits per heavy atom. The highest BCUT2D eigenvalue weighted by molar-refractivity contribution is 9.10. The molecule has 1 N–H and O–H groups in total. The summed E-state index contributed by atoms with van der Waals surface area (Å²) < 4.78 is 1.000. The van der Waals surface area contributed by atoms with Crippen LogP contribution >= 0.6 is 39.0 Å². The van der Waals surface area contributed by atoms with E-state index in [1.807, 2.05) is 11.4 Å². The molecule has 1 aromatic heterocycles. The monoisotopic (exact) mass is 328 g/mol. The van der Waals surface area contributed by atoms with Crippen LogP contribution in [0.5, 0.6) is 0 Å². The minimum Gasteiger partial charge on any atom is -0.387 e. The van der Waals surface area contributed by atoms with Crippen molar-refractivity contribution in [3.05, 3.63) is 50.6 Å². The Balaban J connectivity index is 1.94. The van der Waals surface area contributed by atoms with Crippen molar-refractivity contribution in [2.24, 2.45) is 0 Å². The summed E-state index contributed by atoms with van der Waals surface area (Å²) in [6.45, 7) is 2.08. The molecule has 1 heterocycles. The molecular weight excluding hydrogens is 316 g/mol. The van der Waals surface area contributed by atoms with Crippen LogP contribution in [-0.2, 0) is 0 Å². The summed E-state index contributed by atoms with van der Waals surface area (Å²) in [5.74, 6) is 0.683. The molecule has 0 fully saturated rings. The zero-order valence-corrected chi connectivity index (χ0v) is 12.6. The van der Waals surface area contributed by atoms with Crippen LogP contribution in [0.1, 0.15) is 16.5 Å². The number of benzene rings is 1. The van der Waals surface area contributed by atoms with Crippen LogP contribution in [0, 0.1) is 6.92 Å². The molecule has 0 bridgehead atoms. The first-order valence-corrected chi connectivity index (χ1v) is 7.93. The normalized spacial score (nSPS) is 12.6. The molecule has 90 valence electrons. The first kappa shape index (κ1) is 13.1. The van der Waals surface area contributed by atoms with Gasteiger partial charge < -0.3 is 5.11 Å². The molecule has 0 aliphatic heterocycles. The lowest BCUT2D eigenvalue weighted by molar-refractivity contribution is 0.207. The van der Waals surface area contributed by atoms with Gasteiger partial charge in [0.2, 0.25) is 0 Å². The summed E-state index contributed by atoms with van der Waals surface area (Å²) in [5, 5.41) is 12.1. The third-order valence-electron chi connectivity index (χ3n) is 2.38. The largest absolute Gasteiger partial charge is 0.387 e. The molecule has 1 nitrogen and oxygen atoms in total. The molecule has 0 amide bonds. The lowest BCUT2D eigenvalue weighted by Crippen LogP contribution is -1.98. The number of halogens is 1. The second-order valence-electron chi connectivity index (χ2n) is 3.77. The SMILES string of the molecule is Cc1ccc(SCC(O)c2sccc2Br)cc1. The van der Waals surface area contributed by atoms with Gasteiger partial charge in [-0.05, 0) is 46.4 Å². The molecule has 1 aromatic carbocycles. The zero-order valence-electron chi connectivity index (χ0n) is 9.39. The van der Waals surface area contributed by atoms with Gasteiger partial charge in [0, 0.05) is 20.0 Å². The van der Waals surface area contributed by atoms with Crippen molar-refractivity contribution in [1.82, 2.24) is 0 Å². The molecule has 0 radical (unpaired) electrons. The summed E-state index contributed by atoms with van der Waals surface area (Å²) in [7, 11) is 0. The van der Waals surface area contributed by atoms with E-state index in [1.165, 1.54) is 10.5 Å². The lowest BCUT2D eigenvalue weighted by Gasteiger charge is -2.09. The van der Waals surface area contributed by atoms with Crippen LogP contribution in [-0.4, -0.2) is 10.9 Å². The third-order valence-corrected chi connectivity index (χ3v) is 5.44. The maximum absolute atomic E-state index is 10.1. The molecule has 2 aromatic rings. The fourth-order valence-electron chi connectivity index (χ4n) is 1.43. The van der Waals surface area contributed by atoms with Gasteiger partial charge in [-0.25, -0.2) is 0 Å². The highest BCUT2D eigenvalue weighted by Gasteiger charge is 2.12. The van der Waals surface area contributed by atoms with Crippen molar-refractivity contribution >= 4 is 39.0 Å². The van der Waals surface area contributed by atoms with E-state index in [-0.39, 0.29) is 0 Å². The van der Waals surface area contributed by atoms with Crippen LogP contribution in [0.15, 0.2) is 45.1 Å².